The van der Waals surface area contributed by atoms with Gasteiger partial charge in [-0.25, -0.2) is 5.43 Å². The lowest BCUT2D eigenvalue weighted by molar-refractivity contribution is -0.120. The van der Waals surface area contributed by atoms with Crippen molar-refractivity contribution in [3.05, 3.63) is 105 Å². The highest BCUT2D eigenvalue weighted by Gasteiger charge is 2.12. The van der Waals surface area contributed by atoms with Crippen molar-refractivity contribution in [1.82, 2.24) is 5.43 Å². The smallest absolute Gasteiger partial charge is 0.244 e. The largest absolute Gasteiger partial charge is 0.493 e. The lowest BCUT2D eigenvalue weighted by atomic mass is 10.1. The molecule has 0 unspecified atom stereocenters. The number of nitrogens with zero attached hydrogens (tertiary/aromatic N) is 1. The number of methoxy groups -OCH3 is 1. The standard InChI is InChI=1S/C28H25IN2O3/c1-19-10-12-20(13-11-19)16-27(32)31-30-17-21-14-25(29)28(26(15-21)33-2)34-18-23-8-5-7-22-6-3-4-9-24(22)23/h3-15,17H,16,18H2,1-2H3,(H,31,32)/b30-17+. The van der Waals surface area contributed by atoms with Gasteiger partial charge in [-0.05, 0) is 69.1 Å². The summed E-state index contributed by atoms with van der Waals surface area (Å²) in [6.07, 6.45) is 1.88. The molecular weight excluding hydrogens is 539 g/mol. The minimum absolute atomic E-state index is 0.170. The average molecular weight is 564 g/mol. The van der Waals surface area contributed by atoms with Crippen LogP contribution in [0.1, 0.15) is 22.3 Å². The van der Waals surface area contributed by atoms with Gasteiger partial charge in [-0.2, -0.15) is 5.10 Å². The zero-order valence-corrected chi connectivity index (χ0v) is 21.2. The number of carbonyl (C=O) groups is 1. The molecule has 0 aliphatic heterocycles. The maximum atomic E-state index is 12.2. The molecule has 0 radical (unpaired) electrons. The van der Waals surface area contributed by atoms with Gasteiger partial charge in [-0.1, -0.05) is 72.3 Å². The third kappa shape index (κ3) is 5.94. The number of aryl methyl sites for hydroxylation is 1. The van der Waals surface area contributed by atoms with E-state index in [1.807, 2.05) is 61.5 Å². The highest BCUT2D eigenvalue weighted by molar-refractivity contribution is 14.1. The van der Waals surface area contributed by atoms with E-state index in [9.17, 15) is 4.79 Å². The van der Waals surface area contributed by atoms with Gasteiger partial charge in [0.1, 0.15) is 6.61 Å². The third-order valence-electron chi connectivity index (χ3n) is 5.39. The number of fused-ring (bicyclic) bond motifs is 1. The number of halogens is 1. The number of rotatable bonds is 8. The molecule has 0 saturated heterocycles. The number of hydrogen-bond acceptors (Lipinski definition) is 4. The van der Waals surface area contributed by atoms with E-state index in [-0.39, 0.29) is 12.3 Å². The number of hydrogen-bond donors (Lipinski definition) is 1. The summed E-state index contributed by atoms with van der Waals surface area (Å²) in [4.78, 5) is 12.2. The van der Waals surface area contributed by atoms with E-state index in [1.165, 1.54) is 10.8 Å². The van der Waals surface area contributed by atoms with Crippen LogP contribution in [-0.4, -0.2) is 19.2 Å². The van der Waals surface area contributed by atoms with Gasteiger partial charge < -0.3 is 9.47 Å². The molecule has 0 aromatic heterocycles. The van der Waals surface area contributed by atoms with Gasteiger partial charge in [-0.15, -0.1) is 0 Å². The number of nitrogens with one attached hydrogen (secondary N) is 1. The second-order valence-electron chi connectivity index (χ2n) is 7.92. The van der Waals surface area contributed by atoms with Crippen LogP contribution in [0.3, 0.4) is 0 Å². The summed E-state index contributed by atoms with van der Waals surface area (Å²) in [6, 6.07) is 26.1. The molecule has 4 aromatic carbocycles. The van der Waals surface area contributed by atoms with Crippen LogP contribution in [-0.2, 0) is 17.8 Å². The van der Waals surface area contributed by atoms with Gasteiger partial charge in [0.15, 0.2) is 11.5 Å². The Bertz CT molecular complexity index is 1330. The first kappa shape index (κ1) is 23.8. The summed E-state index contributed by atoms with van der Waals surface area (Å²) in [5.74, 6) is 1.12. The van der Waals surface area contributed by atoms with Crippen molar-refractivity contribution in [2.75, 3.05) is 7.11 Å². The molecule has 1 N–H and O–H groups in total. The Morgan fingerprint density at radius 2 is 1.79 bits per heavy atom. The zero-order chi connectivity index (χ0) is 23.9. The number of hydrazone groups is 1. The van der Waals surface area contributed by atoms with Gasteiger partial charge in [0.2, 0.25) is 5.91 Å². The molecule has 34 heavy (non-hydrogen) atoms. The van der Waals surface area contributed by atoms with Crippen LogP contribution in [0.4, 0.5) is 0 Å². The molecular formula is C28H25IN2O3. The first-order chi connectivity index (χ1) is 16.5. The molecule has 5 nitrogen and oxygen atoms in total. The zero-order valence-electron chi connectivity index (χ0n) is 19.0. The maximum Gasteiger partial charge on any atom is 0.244 e. The highest BCUT2D eigenvalue weighted by atomic mass is 127. The van der Waals surface area contributed by atoms with E-state index in [0.29, 0.717) is 18.1 Å². The minimum Gasteiger partial charge on any atom is -0.493 e. The molecule has 0 saturated carbocycles. The van der Waals surface area contributed by atoms with Crippen LogP contribution in [0.15, 0.2) is 84.0 Å². The van der Waals surface area contributed by atoms with Crippen LogP contribution in [0, 0.1) is 10.5 Å². The summed E-state index contributed by atoms with van der Waals surface area (Å²) in [5.41, 5.74) is 6.60. The SMILES string of the molecule is COc1cc(/C=N/NC(=O)Cc2ccc(C)cc2)cc(I)c1OCc1cccc2ccccc12. The summed E-state index contributed by atoms with van der Waals surface area (Å²) in [6.45, 7) is 2.44. The number of amides is 1. The van der Waals surface area contributed by atoms with Gasteiger partial charge >= 0.3 is 0 Å². The Labute approximate surface area is 212 Å². The van der Waals surface area contributed by atoms with Gasteiger partial charge in [0, 0.05) is 0 Å². The predicted octanol–water partition coefficient (Wildman–Crippen LogP) is 6.03. The van der Waals surface area contributed by atoms with Crippen LogP contribution >= 0.6 is 22.6 Å². The van der Waals surface area contributed by atoms with Gasteiger partial charge in [0.05, 0.1) is 23.3 Å². The molecule has 0 heterocycles. The number of benzene rings is 4. The minimum atomic E-state index is -0.170. The van der Waals surface area contributed by atoms with E-state index in [1.54, 1.807) is 13.3 Å². The fourth-order valence-corrected chi connectivity index (χ4v) is 4.41. The molecule has 1 amide bonds. The number of ether oxygens (including phenoxy) is 2. The summed E-state index contributed by atoms with van der Waals surface area (Å²) in [7, 11) is 1.61. The molecule has 0 atom stereocenters. The molecule has 6 heteroatoms. The second-order valence-corrected chi connectivity index (χ2v) is 9.08. The van der Waals surface area contributed by atoms with E-state index >= 15 is 0 Å². The fourth-order valence-electron chi connectivity index (χ4n) is 3.63. The Kier molecular flexibility index (Phi) is 7.80. The van der Waals surface area contributed by atoms with Crippen LogP contribution in [0.5, 0.6) is 11.5 Å². The van der Waals surface area contributed by atoms with Crippen molar-refractivity contribution in [3.8, 4) is 11.5 Å². The second kappa shape index (κ2) is 11.2. The quantitative estimate of drug-likeness (QED) is 0.162. The van der Waals surface area contributed by atoms with Crippen molar-refractivity contribution in [1.29, 1.82) is 0 Å². The van der Waals surface area contributed by atoms with E-state index in [2.05, 4.69) is 57.4 Å². The third-order valence-corrected chi connectivity index (χ3v) is 6.19. The van der Waals surface area contributed by atoms with Crippen LogP contribution in [0.25, 0.3) is 10.8 Å². The number of carbonyl (C=O) groups excluding carboxylic acids is 1. The Morgan fingerprint density at radius 3 is 2.59 bits per heavy atom. The first-order valence-electron chi connectivity index (χ1n) is 10.9. The van der Waals surface area contributed by atoms with E-state index in [0.717, 1.165) is 25.8 Å². The molecule has 4 aromatic rings. The van der Waals surface area contributed by atoms with Crippen molar-refractivity contribution < 1.29 is 14.3 Å². The Balaban J connectivity index is 1.43. The molecule has 0 spiro atoms. The Hall–Kier alpha value is -3.39. The summed E-state index contributed by atoms with van der Waals surface area (Å²) < 4.78 is 12.7. The van der Waals surface area contributed by atoms with E-state index < -0.39 is 0 Å². The molecule has 0 aliphatic rings. The fraction of sp³-hybridized carbons (Fsp3) is 0.143. The van der Waals surface area contributed by atoms with Crippen molar-refractivity contribution in [2.45, 2.75) is 20.0 Å². The van der Waals surface area contributed by atoms with E-state index in [4.69, 9.17) is 9.47 Å². The first-order valence-corrected chi connectivity index (χ1v) is 12.0. The molecule has 0 aliphatic carbocycles. The Morgan fingerprint density at radius 1 is 1.03 bits per heavy atom. The van der Waals surface area contributed by atoms with Gasteiger partial charge in [-0.3, -0.25) is 4.79 Å². The van der Waals surface area contributed by atoms with Crippen LogP contribution < -0.4 is 14.9 Å². The van der Waals surface area contributed by atoms with Crippen LogP contribution in [0.2, 0.25) is 0 Å². The summed E-state index contributed by atoms with van der Waals surface area (Å²) >= 11 is 2.22. The average Bonchev–Trinajstić information content (AvgIpc) is 2.84. The lowest BCUT2D eigenvalue weighted by Crippen LogP contribution is -2.19. The van der Waals surface area contributed by atoms with Gasteiger partial charge in [0.25, 0.3) is 0 Å². The maximum absolute atomic E-state index is 12.2. The monoisotopic (exact) mass is 564 g/mol. The highest BCUT2D eigenvalue weighted by Crippen LogP contribution is 2.34. The van der Waals surface area contributed by atoms with Crippen molar-refractivity contribution in [2.24, 2.45) is 5.10 Å². The molecule has 0 bridgehead atoms. The van der Waals surface area contributed by atoms with Crippen molar-refractivity contribution >= 4 is 45.5 Å². The topological polar surface area (TPSA) is 59.9 Å². The lowest BCUT2D eigenvalue weighted by Gasteiger charge is -2.14. The molecule has 4 rings (SSSR count). The predicted molar refractivity (Wildman–Crippen MR) is 145 cm³/mol. The molecule has 0 fully saturated rings. The summed E-state index contributed by atoms with van der Waals surface area (Å²) in [5, 5.41) is 6.46. The van der Waals surface area contributed by atoms with Crippen molar-refractivity contribution in [3.63, 3.8) is 0 Å². The normalized spacial score (nSPS) is 11.0. The molecule has 172 valence electrons.